The molecule has 1 saturated heterocycles. The first kappa shape index (κ1) is 11.4. The second kappa shape index (κ2) is 4.43. The van der Waals surface area contributed by atoms with Crippen LogP contribution in [-0.2, 0) is 0 Å². The number of carbonyl (C=O) groups excluding carboxylic acids is 1. The van der Waals surface area contributed by atoms with Crippen LogP contribution in [0.1, 0.15) is 23.0 Å². The largest absolute Gasteiger partial charge is 0.397 e. The Hall–Kier alpha value is -1.07. The van der Waals surface area contributed by atoms with Crippen molar-refractivity contribution in [3.05, 3.63) is 16.3 Å². The number of nitrogens with two attached hydrogens (primary N) is 1. The standard InChI is InChI=1S/C11H16N2O2S/c1-7-6-13(4-2-9(7)14)11(15)10-8(12)3-5-16-10/h3,5,7,9,14H,2,4,6,12H2,1H3. The second-order valence-electron chi connectivity index (χ2n) is 4.29. The van der Waals surface area contributed by atoms with Crippen molar-refractivity contribution in [3.8, 4) is 0 Å². The third-order valence-electron chi connectivity index (χ3n) is 3.04. The molecule has 2 unspecified atom stereocenters. The van der Waals surface area contributed by atoms with Crippen LogP contribution in [-0.4, -0.2) is 35.1 Å². The van der Waals surface area contributed by atoms with Gasteiger partial charge in [-0.25, -0.2) is 0 Å². The SMILES string of the molecule is CC1CN(C(=O)c2sccc2N)CCC1O. The summed E-state index contributed by atoms with van der Waals surface area (Å²) in [5, 5.41) is 11.4. The molecule has 16 heavy (non-hydrogen) atoms. The number of hydrogen-bond donors (Lipinski definition) is 2. The summed E-state index contributed by atoms with van der Waals surface area (Å²) in [5.41, 5.74) is 6.27. The van der Waals surface area contributed by atoms with E-state index in [0.29, 0.717) is 30.1 Å². The fraction of sp³-hybridized carbons (Fsp3) is 0.545. The van der Waals surface area contributed by atoms with E-state index in [1.807, 2.05) is 12.3 Å². The average molecular weight is 240 g/mol. The first-order chi connectivity index (χ1) is 7.59. The van der Waals surface area contributed by atoms with Gasteiger partial charge >= 0.3 is 0 Å². The Bertz CT molecular complexity index is 391. The van der Waals surface area contributed by atoms with Crippen molar-refractivity contribution < 1.29 is 9.90 Å². The van der Waals surface area contributed by atoms with Crippen molar-refractivity contribution >= 4 is 22.9 Å². The molecule has 0 aliphatic carbocycles. The summed E-state index contributed by atoms with van der Waals surface area (Å²) in [7, 11) is 0. The van der Waals surface area contributed by atoms with E-state index in [2.05, 4.69) is 0 Å². The summed E-state index contributed by atoms with van der Waals surface area (Å²) >= 11 is 1.37. The molecule has 2 heterocycles. The molecule has 1 amide bonds. The third kappa shape index (κ3) is 2.05. The summed E-state index contributed by atoms with van der Waals surface area (Å²) in [6.45, 7) is 3.18. The van der Waals surface area contributed by atoms with Gasteiger partial charge in [0.2, 0.25) is 0 Å². The second-order valence-corrected chi connectivity index (χ2v) is 5.21. The van der Waals surface area contributed by atoms with Crippen LogP contribution in [0.5, 0.6) is 0 Å². The number of nitrogen functional groups attached to an aromatic ring is 1. The van der Waals surface area contributed by atoms with Gasteiger partial charge in [-0.15, -0.1) is 11.3 Å². The van der Waals surface area contributed by atoms with Gasteiger partial charge in [0, 0.05) is 13.1 Å². The van der Waals surface area contributed by atoms with E-state index in [9.17, 15) is 9.90 Å². The van der Waals surface area contributed by atoms with Gasteiger partial charge < -0.3 is 15.7 Å². The monoisotopic (exact) mass is 240 g/mol. The van der Waals surface area contributed by atoms with Gasteiger partial charge in [-0.2, -0.15) is 0 Å². The van der Waals surface area contributed by atoms with Gasteiger partial charge in [-0.3, -0.25) is 4.79 Å². The molecule has 1 fully saturated rings. The highest BCUT2D eigenvalue weighted by Gasteiger charge is 2.28. The summed E-state index contributed by atoms with van der Waals surface area (Å²) in [4.78, 5) is 14.5. The van der Waals surface area contributed by atoms with E-state index in [-0.39, 0.29) is 17.9 Å². The lowest BCUT2D eigenvalue weighted by Gasteiger charge is -2.34. The summed E-state index contributed by atoms with van der Waals surface area (Å²) in [5.74, 6) is 0.130. The Kier molecular flexibility index (Phi) is 3.16. The zero-order valence-corrected chi connectivity index (χ0v) is 10.0. The Labute approximate surface area is 98.7 Å². The van der Waals surface area contributed by atoms with Gasteiger partial charge in [0.05, 0.1) is 11.8 Å². The molecule has 0 saturated carbocycles. The van der Waals surface area contributed by atoms with E-state index in [4.69, 9.17) is 5.73 Å². The van der Waals surface area contributed by atoms with Crippen molar-refractivity contribution in [1.82, 2.24) is 4.90 Å². The fourth-order valence-electron chi connectivity index (χ4n) is 1.95. The van der Waals surface area contributed by atoms with Gasteiger partial charge in [0.15, 0.2) is 0 Å². The highest BCUT2D eigenvalue weighted by atomic mass is 32.1. The van der Waals surface area contributed by atoms with Crippen molar-refractivity contribution in [2.75, 3.05) is 18.8 Å². The quantitative estimate of drug-likeness (QED) is 0.774. The molecular weight excluding hydrogens is 224 g/mol. The van der Waals surface area contributed by atoms with Crippen molar-refractivity contribution in [3.63, 3.8) is 0 Å². The maximum atomic E-state index is 12.1. The van der Waals surface area contributed by atoms with Gasteiger partial charge in [0.25, 0.3) is 5.91 Å². The van der Waals surface area contributed by atoms with Crippen LogP contribution in [0.4, 0.5) is 5.69 Å². The maximum Gasteiger partial charge on any atom is 0.266 e. The minimum atomic E-state index is -0.287. The first-order valence-electron chi connectivity index (χ1n) is 5.40. The first-order valence-corrected chi connectivity index (χ1v) is 6.28. The number of thiophene rings is 1. The van der Waals surface area contributed by atoms with E-state index >= 15 is 0 Å². The van der Waals surface area contributed by atoms with Crippen LogP contribution >= 0.6 is 11.3 Å². The molecule has 0 spiro atoms. The lowest BCUT2D eigenvalue weighted by atomic mass is 9.96. The molecule has 1 aromatic heterocycles. The number of piperidine rings is 1. The van der Waals surface area contributed by atoms with E-state index < -0.39 is 0 Å². The molecule has 1 aliphatic rings. The molecule has 0 aromatic carbocycles. The smallest absolute Gasteiger partial charge is 0.266 e. The third-order valence-corrected chi connectivity index (χ3v) is 3.96. The van der Waals surface area contributed by atoms with Crippen LogP contribution in [0.3, 0.4) is 0 Å². The predicted molar refractivity (Wildman–Crippen MR) is 64.4 cm³/mol. The molecule has 4 nitrogen and oxygen atoms in total. The van der Waals surface area contributed by atoms with Crippen LogP contribution in [0.25, 0.3) is 0 Å². The predicted octanol–water partition coefficient (Wildman–Crippen LogP) is 1.17. The number of aliphatic hydroxyl groups excluding tert-OH is 1. The minimum Gasteiger partial charge on any atom is -0.397 e. The Morgan fingerprint density at radius 3 is 3.00 bits per heavy atom. The van der Waals surface area contributed by atoms with Gasteiger partial charge in [0.1, 0.15) is 4.88 Å². The number of aliphatic hydroxyl groups is 1. The highest BCUT2D eigenvalue weighted by Crippen LogP contribution is 2.24. The molecular formula is C11H16N2O2S. The zero-order valence-electron chi connectivity index (χ0n) is 9.22. The molecule has 2 rings (SSSR count). The van der Waals surface area contributed by atoms with Crippen LogP contribution in [0, 0.1) is 5.92 Å². The number of carbonyl (C=O) groups is 1. The lowest BCUT2D eigenvalue weighted by Crippen LogP contribution is -2.44. The van der Waals surface area contributed by atoms with Crippen molar-refractivity contribution in [2.24, 2.45) is 5.92 Å². The number of nitrogens with zero attached hydrogens (tertiary/aromatic N) is 1. The Morgan fingerprint density at radius 2 is 2.44 bits per heavy atom. The normalized spacial score (nSPS) is 25.8. The number of amides is 1. The molecule has 1 aromatic rings. The molecule has 5 heteroatoms. The molecule has 88 valence electrons. The highest BCUT2D eigenvalue weighted by molar-refractivity contribution is 7.12. The molecule has 1 aliphatic heterocycles. The number of hydrogen-bond acceptors (Lipinski definition) is 4. The Balaban J connectivity index is 2.09. The van der Waals surface area contributed by atoms with Crippen LogP contribution in [0.2, 0.25) is 0 Å². The average Bonchev–Trinajstić information content (AvgIpc) is 2.67. The zero-order chi connectivity index (χ0) is 11.7. The van der Waals surface area contributed by atoms with E-state index in [1.54, 1.807) is 11.0 Å². The summed E-state index contributed by atoms with van der Waals surface area (Å²) in [6.07, 6.45) is 0.364. The number of rotatable bonds is 1. The van der Waals surface area contributed by atoms with E-state index in [1.165, 1.54) is 11.3 Å². The molecule has 0 radical (unpaired) electrons. The van der Waals surface area contributed by atoms with Crippen molar-refractivity contribution in [1.29, 1.82) is 0 Å². The molecule has 3 N–H and O–H groups in total. The van der Waals surface area contributed by atoms with Crippen LogP contribution < -0.4 is 5.73 Å². The topological polar surface area (TPSA) is 66.6 Å². The number of likely N-dealkylation sites (tertiary alicyclic amines) is 1. The molecule has 2 atom stereocenters. The van der Waals surface area contributed by atoms with Crippen LogP contribution in [0.15, 0.2) is 11.4 Å². The lowest BCUT2D eigenvalue weighted by molar-refractivity contribution is 0.0301. The van der Waals surface area contributed by atoms with Gasteiger partial charge in [-0.1, -0.05) is 6.92 Å². The van der Waals surface area contributed by atoms with Crippen molar-refractivity contribution in [2.45, 2.75) is 19.4 Å². The summed E-state index contributed by atoms with van der Waals surface area (Å²) in [6, 6.07) is 1.75. The van der Waals surface area contributed by atoms with E-state index in [0.717, 1.165) is 0 Å². The molecule has 0 bridgehead atoms. The minimum absolute atomic E-state index is 0.00810. The fourth-order valence-corrected chi connectivity index (χ4v) is 2.74. The van der Waals surface area contributed by atoms with Gasteiger partial charge in [-0.05, 0) is 23.8 Å². The summed E-state index contributed by atoms with van der Waals surface area (Å²) < 4.78 is 0. The Morgan fingerprint density at radius 1 is 1.69 bits per heavy atom. The number of anilines is 1. The maximum absolute atomic E-state index is 12.1.